The molecular formula is C16H20O2. The van der Waals surface area contributed by atoms with E-state index in [9.17, 15) is 5.11 Å². The summed E-state index contributed by atoms with van der Waals surface area (Å²) in [6.07, 6.45) is 4.20. The van der Waals surface area contributed by atoms with E-state index in [1.54, 1.807) is 25.5 Å². The van der Waals surface area contributed by atoms with Crippen LogP contribution in [-0.2, 0) is 12.0 Å². The van der Waals surface area contributed by atoms with Gasteiger partial charge in [0, 0.05) is 5.56 Å². The Morgan fingerprint density at radius 2 is 2.00 bits per heavy atom. The second-order valence-electron chi connectivity index (χ2n) is 5.38. The van der Waals surface area contributed by atoms with Crippen molar-refractivity contribution < 1.29 is 9.52 Å². The van der Waals surface area contributed by atoms with Gasteiger partial charge >= 0.3 is 0 Å². The standard InChI is InChI=1S/C16H20O2/c1-12(2)9-13-5-4-6-14(10-13)16(3,17)15-7-8-18-11-15/h4-8,10-12,17H,9H2,1-3H3. The first-order chi connectivity index (χ1) is 8.50. The Morgan fingerprint density at radius 3 is 2.61 bits per heavy atom. The van der Waals surface area contributed by atoms with Gasteiger partial charge in [-0.25, -0.2) is 0 Å². The molecule has 0 spiro atoms. The molecule has 0 aliphatic rings. The van der Waals surface area contributed by atoms with Crippen molar-refractivity contribution in [2.24, 2.45) is 5.92 Å². The summed E-state index contributed by atoms with van der Waals surface area (Å²) in [5.74, 6) is 0.610. The zero-order chi connectivity index (χ0) is 13.2. The highest BCUT2D eigenvalue weighted by molar-refractivity contribution is 5.35. The zero-order valence-electron chi connectivity index (χ0n) is 11.2. The minimum absolute atomic E-state index is 0.610. The van der Waals surface area contributed by atoms with Crippen molar-refractivity contribution in [2.45, 2.75) is 32.8 Å². The van der Waals surface area contributed by atoms with Crippen molar-refractivity contribution >= 4 is 0 Å². The minimum Gasteiger partial charge on any atom is -0.472 e. The number of hydrogen-bond donors (Lipinski definition) is 1. The van der Waals surface area contributed by atoms with Gasteiger partial charge in [0.05, 0.1) is 12.5 Å². The molecule has 1 unspecified atom stereocenters. The average molecular weight is 244 g/mol. The first kappa shape index (κ1) is 12.9. The summed E-state index contributed by atoms with van der Waals surface area (Å²) < 4.78 is 5.06. The molecule has 0 bridgehead atoms. The van der Waals surface area contributed by atoms with E-state index in [1.807, 2.05) is 12.1 Å². The van der Waals surface area contributed by atoms with Gasteiger partial charge in [-0.3, -0.25) is 0 Å². The molecule has 1 aromatic heterocycles. The number of furan rings is 1. The normalized spacial score (nSPS) is 14.7. The van der Waals surface area contributed by atoms with Crippen LogP contribution >= 0.6 is 0 Å². The third-order valence-electron chi connectivity index (χ3n) is 3.22. The number of hydrogen-bond acceptors (Lipinski definition) is 2. The van der Waals surface area contributed by atoms with Gasteiger partial charge in [-0.15, -0.1) is 0 Å². The van der Waals surface area contributed by atoms with Gasteiger partial charge in [0.2, 0.25) is 0 Å². The van der Waals surface area contributed by atoms with Crippen molar-refractivity contribution in [3.8, 4) is 0 Å². The molecule has 0 aliphatic heterocycles. The molecule has 1 N–H and O–H groups in total. The van der Waals surface area contributed by atoms with E-state index in [1.165, 1.54) is 5.56 Å². The highest BCUT2D eigenvalue weighted by Crippen LogP contribution is 2.30. The Hall–Kier alpha value is -1.54. The minimum atomic E-state index is -1.00. The maximum absolute atomic E-state index is 10.6. The van der Waals surface area contributed by atoms with Crippen LogP contribution in [-0.4, -0.2) is 5.11 Å². The van der Waals surface area contributed by atoms with Crippen molar-refractivity contribution in [3.05, 3.63) is 59.5 Å². The van der Waals surface area contributed by atoms with Crippen LogP contribution in [0.15, 0.2) is 47.3 Å². The third kappa shape index (κ3) is 2.65. The Bertz CT molecular complexity index is 496. The SMILES string of the molecule is CC(C)Cc1cccc(C(C)(O)c2ccoc2)c1. The van der Waals surface area contributed by atoms with E-state index >= 15 is 0 Å². The third-order valence-corrected chi connectivity index (χ3v) is 3.22. The lowest BCUT2D eigenvalue weighted by Crippen LogP contribution is -2.22. The summed E-state index contributed by atoms with van der Waals surface area (Å²) in [6, 6.07) is 9.94. The monoisotopic (exact) mass is 244 g/mol. The van der Waals surface area contributed by atoms with Gasteiger partial charge < -0.3 is 9.52 Å². The van der Waals surface area contributed by atoms with E-state index < -0.39 is 5.60 Å². The first-order valence-electron chi connectivity index (χ1n) is 6.34. The van der Waals surface area contributed by atoms with Gasteiger partial charge in [0.1, 0.15) is 5.60 Å². The molecule has 0 fully saturated rings. The van der Waals surface area contributed by atoms with Crippen LogP contribution in [0.25, 0.3) is 0 Å². The fourth-order valence-corrected chi connectivity index (χ4v) is 2.18. The van der Waals surface area contributed by atoms with E-state index in [-0.39, 0.29) is 0 Å². The van der Waals surface area contributed by atoms with Crippen molar-refractivity contribution in [1.29, 1.82) is 0 Å². The van der Waals surface area contributed by atoms with Crippen LogP contribution in [0.5, 0.6) is 0 Å². The number of aliphatic hydroxyl groups is 1. The van der Waals surface area contributed by atoms with E-state index in [2.05, 4.69) is 26.0 Å². The molecule has 96 valence electrons. The first-order valence-corrected chi connectivity index (χ1v) is 6.34. The largest absolute Gasteiger partial charge is 0.472 e. The summed E-state index contributed by atoms with van der Waals surface area (Å²) in [6.45, 7) is 6.19. The Kier molecular flexibility index (Phi) is 3.58. The van der Waals surface area contributed by atoms with Gasteiger partial charge in [0.15, 0.2) is 0 Å². The summed E-state index contributed by atoms with van der Waals surface area (Å²) in [7, 11) is 0. The number of rotatable bonds is 4. The molecule has 0 aliphatic carbocycles. The maximum Gasteiger partial charge on any atom is 0.115 e. The molecule has 1 heterocycles. The van der Waals surface area contributed by atoms with Crippen LogP contribution in [0.4, 0.5) is 0 Å². The Morgan fingerprint density at radius 1 is 1.22 bits per heavy atom. The fourth-order valence-electron chi connectivity index (χ4n) is 2.18. The van der Waals surface area contributed by atoms with Crippen LogP contribution < -0.4 is 0 Å². The summed E-state index contributed by atoms with van der Waals surface area (Å²) in [5.41, 5.74) is 1.94. The maximum atomic E-state index is 10.6. The molecule has 0 radical (unpaired) electrons. The molecule has 2 nitrogen and oxygen atoms in total. The molecule has 2 rings (SSSR count). The Balaban J connectivity index is 2.33. The summed E-state index contributed by atoms with van der Waals surface area (Å²) >= 11 is 0. The predicted molar refractivity (Wildman–Crippen MR) is 72.4 cm³/mol. The lowest BCUT2D eigenvalue weighted by molar-refractivity contribution is 0.101. The van der Waals surface area contributed by atoms with Crippen LogP contribution in [0.2, 0.25) is 0 Å². The van der Waals surface area contributed by atoms with Crippen LogP contribution in [0.1, 0.15) is 37.5 Å². The zero-order valence-corrected chi connectivity index (χ0v) is 11.2. The summed E-state index contributed by atoms with van der Waals surface area (Å²) in [5, 5.41) is 10.6. The van der Waals surface area contributed by atoms with Crippen molar-refractivity contribution in [3.63, 3.8) is 0 Å². The molecule has 18 heavy (non-hydrogen) atoms. The highest BCUT2D eigenvalue weighted by Gasteiger charge is 2.26. The predicted octanol–water partition coefficient (Wildman–Crippen LogP) is 3.73. The smallest absolute Gasteiger partial charge is 0.115 e. The Labute approximate surface area is 108 Å². The lowest BCUT2D eigenvalue weighted by Gasteiger charge is -2.23. The molecule has 2 aromatic rings. The topological polar surface area (TPSA) is 33.4 Å². The second-order valence-corrected chi connectivity index (χ2v) is 5.38. The van der Waals surface area contributed by atoms with E-state index in [4.69, 9.17) is 4.42 Å². The molecule has 2 heteroatoms. The van der Waals surface area contributed by atoms with Gasteiger partial charge in [-0.2, -0.15) is 0 Å². The van der Waals surface area contributed by atoms with Crippen LogP contribution in [0, 0.1) is 5.92 Å². The van der Waals surface area contributed by atoms with E-state index in [0.29, 0.717) is 5.92 Å². The van der Waals surface area contributed by atoms with Gasteiger partial charge in [-0.1, -0.05) is 38.1 Å². The molecule has 0 amide bonds. The quantitative estimate of drug-likeness (QED) is 0.889. The average Bonchev–Trinajstić information content (AvgIpc) is 2.82. The molecule has 0 saturated heterocycles. The van der Waals surface area contributed by atoms with Gasteiger partial charge in [-0.05, 0) is 36.5 Å². The molecule has 1 atom stereocenters. The van der Waals surface area contributed by atoms with Crippen molar-refractivity contribution in [1.82, 2.24) is 0 Å². The molecule has 1 aromatic carbocycles. The van der Waals surface area contributed by atoms with Crippen molar-refractivity contribution in [2.75, 3.05) is 0 Å². The van der Waals surface area contributed by atoms with Gasteiger partial charge in [0.25, 0.3) is 0 Å². The molecular weight excluding hydrogens is 224 g/mol. The fraction of sp³-hybridized carbons (Fsp3) is 0.375. The second kappa shape index (κ2) is 4.99. The van der Waals surface area contributed by atoms with Crippen LogP contribution in [0.3, 0.4) is 0 Å². The summed E-state index contributed by atoms with van der Waals surface area (Å²) in [4.78, 5) is 0. The highest BCUT2D eigenvalue weighted by atomic mass is 16.3. The molecule has 0 saturated carbocycles. The number of benzene rings is 1. The van der Waals surface area contributed by atoms with E-state index in [0.717, 1.165) is 17.5 Å². The lowest BCUT2D eigenvalue weighted by atomic mass is 9.88.